The Hall–Kier alpha value is -0.410. The number of hydrogen-bond donors (Lipinski definition) is 1. The van der Waals surface area contributed by atoms with Crippen LogP contribution in [0.25, 0.3) is 0 Å². The topological polar surface area (TPSA) is 32.3 Å². The molecule has 0 radical (unpaired) electrons. The average Bonchev–Trinajstić information content (AvgIpc) is 2.60. The molecule has 4 rings (SSSR count). The normalized spacial score (nSPS) is 27.5. The van der Waals surface area contributed by atoms with Crippen molar-refractivity contribution in [2.75, 3.05) is 26.2 Å². The third kappa shape index (κ3) is 4.90. The number of ketones is 1. The summed E-state index contributed by atoms with van der Waals surface area (Å²) in [6.07, 6.45) is 13.6. The molecule has 0 aromatic rings. The quantitative estimate of drug-likeness (QED) is 0.790. The summed E-state index contributed by atoms with van der Waals surface area (Å²) < 4.78 is 0. The van der Waals surface area contributed by atoms with Gasteiger partial charge >= 0.3 is 0 Å². The Kier molecular flexibility index (Phi) is 7.18. The van der Waals surface area contributed by atoms with E-state index in [1.165, 1.54) is 90.4 Å². The van der Waals surface area contributed by atoms with Gasteiger partial charge in [0.05, 0.1) is 0 Å². The van der Waals surface area contributed by atoms with Crippen LogP contribution in [0.2, 0.25) is 0 Å². The van der Waals surface area contributed by atoms with E-state index in [1.807, 2.05) is 13.8 Å². The minimum absolute atomic E-state index is 0.257. The summed E-state index contributed by atoms with van der Waals surface area (Å²) in [4.78, 5) is 14.3. The number of rotatable bonds is 4. The fourth-order valence-electron chi connectivity index (χ4n) is 5.64. The monoisotopic (exact) mass is 362 g/mol. The highest BCUT2D eigenvalue weighted by atomic mass is 16.1. The highest BCUT2D eigenvalue weighted by Gasteiger charge is 2.50. The Labute approximate surface area is 161 Å². The molecular formula is C23H42N2O. The van der Waals surface area contributed by atoms with Crippen molar-refractivity contribution in [3.63, 3.8) is 0 Å². The molecule has 0 amide bonds. The van der Waals surface area contributed by atoms with Gasteiger partial charge in [0.25, 0.3) is 0 Å². The second kappa shape index (κ2) is 9.19. The molecule has 150 valence electrons. The molecule has 4 aliphatic rings. The zero-order chi connectivity index (χ0) is 18.6. The van der Waals surface area contributed by atoms with Crippen molar-refractivity contribution in [2.45, 2.75) is 91.0 Å². The van der Waals surface area contributed by atoms with E-state index in [0.717, 1.165) is 12.0 Å². The van der Waals surface area contributed by atoms with Crippen LogP contribution in [0, 0.1) is 23.2 Å². The lowest BCUT2D eigenvalue weighted by Gasteiger charge is -2.54. The van der Waals surface area contributed by atoms with Crippen LogP contribution in [0.3, 0.4) is 0 Å². The molecule has 3 heteroatoms. The van der Waals surface area contributed by atoms with Gasteiger partial charge in [0.15, 0.2) is 0 Å². The van der Waals surface area contributed by atoms with Gasteiger partial charge in [-0.3, -0.25) is 4.79 Å². The third-order valence-corrected chi connectivity index (χ3v) is 7.80. The summed E-state index contributed by atoms with van der Waals surface area (Å²) in [6.45, 7) is 11.6. The van der Waals surface area contributed by atoms with E-state index in [4.69, 9.17) is 0 Å². The van der Waals surface area contributed by atoms with Crippen molar-refractivity contribution >= 4 is 5.78 Å². The standard InChI is InChI=1S/C12H24N2.C11H18O/c1-2-11-5-9-14(10-6-11)12-3-7-13-8-4-12;1-8(2)10(12)9-6-11(7-9)4-3-5-11/h11-13H,2-10H2,1H3;8-9H,3-7H2,1-2H3. The first kappa shape index (κ1) is 20.3. The molecule has 2 aliphatic heterocycles. The predicted octanol–water partition coefficient (Wildman–Crippen LogP) is 4.65. The fourth-order valence-corrected chi connectivity index (χ4v) is 5.64. The van der Waals surface area contributed by atoms with Crippen LogP contribution in [0.15, 0.2) is 0 Å². The molecule has 0 aromatic heterocycles. The molecule has 2 heterocycles. The van der Waals surface area contributed by atoms with Crippen molar-refractivity contribution in [1.29, 1.82) is 0 Å². The van der Waals surface area contributed by atoms with Crippen LogP contribution in [0.4, 0.5) is 0 Å². The first-order valence-corrected chi connectivity index (χ1v) is 11.5. The lowest BCUT2D eigenvalue weighted by Crippen LogP contribution is -2.46. The highest BCUT2D eigenvalue weighted by molar-refractivity contribution is 5.83. The van der Waals surface area contributed by atoms with Gasteiger partial charge in [0, 0.05) is 17.9 Å². The first-order valence-electron chi connectivity index (χ1n) is 11.5. The molecule has 1 spiro atoms. The maximum atomic E-state index is 11.6. The molecule has 0 bridgehead atoms. The number of hydrogen-bond acceptors (Lipinski definition) is 3. The van der Waals surface area contributed by atoms with Crippen LogP contribution < -0.4 is 5.32 Å². The molecule has 0 aromatic carbocycles. The maximum Gasteiger partial charge on any atom is 0.138 e. The number of carbonyl (C=O) groups is 1. The largest absolute Gasteiger partial charge is 0.317 e. The highest BCUT2D eigenvalue weighted by Crippen LogP contribution is 2.59. The molecule has 3 nitrogen and oxygen atoms in total. The Morgan fingerprint density at radius 1 is 1.08 bits per heavy atom. The predicted molar refractivity (Wildman–Crippen MR) is 109 cm³/mol. The first-order chi connectivity index (χ1) is 12.5. The number of carbonyl (C=O) groups excluding carboxylic acids is 1. The number of likely N-dealkylation sites (tertiary alicyclic amines) is 1. The van der Waals surface area contributed by atoms with Gasteiger partial charge in [0.1, 0.15) is 5.78 Å². The zero-order valence-corrected chi connectivity index (χ0v) is 17.6. The second-order valence-electron chi connectivity index (χ2n) is 9.88. The Morgan fingerprint density at radius 2 is 1.69 bits per heavy atom. The summed E-state index contributed by atoms with van der Waals surface area (Å²) in [7, 11) is 0. The van der Waals surface area contributed by atoms with E-state index in [2.05, 4.69) is 17.1 Å². The van der Waals surface area contributed by atoms with E-state index < -0.39 is 0 Å². The summed E-state index contributed by atoms with van der Waals surface area (Å²) in [5.41, 5.74) is 0.662. The van der Waals surface area contributed by atoms with Gasteiger partial charge in [-0.1, -0.05) is 33.6 Å². The Balaban J connectivity index is 0.000000152. The second-order valence-corrected chi connectivity index (χ2v) is 9.88. The van der Waals surface area contributed by atoms with E-state index in [1.54, 1.807) is 0 Å². The van der Waals surface area contributed by atoms with E-state index in [0.29, 0.717) is 17.1 Å². The zero-order valence-electron chi connectivity index (χ0n) is 17.6. The molecule has 4 fully saturated rings. The van der Waals surface area contributed by atoms with Crippen molar-refractivity contribution in [3.8, 4) is 0 Å². The smallest absolute Gasteiger partial charge is 0.138 e. The van der Waals surface area contributed by atoms with Crippen LogP contribution in [0.1, 0.15) is 85.0 Å². The van der Waals surface area contributed by atoms with Crippen LogP contribution >= 0.6 is 0 Å². The van der Waals surface area contributed by atoms with E-state index >= 15 is 0 Å². The van der Waals surface area contributed by atoms with Crippen molar-refractivity contribution in [3.05, 3.63) is 0 Å². The van der Waals surface area contributed by atoms with E-state index in [-0.39, 0.29) is 5.92 Å². The molecular weight excluding hydrogens is 320 g/mol. The SMILES string of the molecule is CC(C)C(=O)C1CC2(CCC2)C1.CCC1CCN(C2CCNCC2)CC1. The molecule has 26 heavy (non-hydrogen) atoms. The number of nitrogens with zero attached hydrogens (tertiary/aromatic N) is 1. The number of nitrogens with one attached hydrogen (secondary N) is 1. The lowest BCUT2D eigenvalue weighted by atomic mass is 9.50. The van der Waals surface area contributed by atoms with Crippen molar-refractivity contribution < 1.29 is 4.79 Å². The third-order valence-electron chi connectivity index (χ3n) is 7.80. The molecule has 0 unspecified atom stereocenters. The Morgan fingerprint density at radius 3 is 2.15 bits per heavy atom. The summed E-state index contributed by atoms with van der Waals surface area (Å²) >= 11 is 0. The van der Waals surface area contributed by atoms with Gasteiger partial charge < -0.3 is 10.2 Å². The van der Waals surface area contributed by atoms with Crippen LogP contribution in [-0.2, 0) is 4.79 Å². The number of Topliss-reactive ketones (excluding diaryl/α,β-unsaturated/α-hetero) is 1. The summed E-state index contributed by atoms with van der Waals surface area (Å²) in [5, 5.41) is 3.45. The minimum atomic E-state index is 0.257. The maximum absolute atomic E-state index is 11.6. The fraction of sp³-hybridized carbons (Fsp3) is 0.957. The lowest BCUT2D eigenvalue weighted by molar-refractivity contribution is -0.137. The van der Waals surface area contributed by atoms with Gasteiger partial charge in [-0.05, 0) is 88.9 Å². The molecule has 1 N–H and O–H groups in total. The van der Waals surface area contributed by atoms with Gasteiger partial charge in [-0.25, -0.2) is 0 Å². The molecule has 0 atom stereocenters. The summed E-state index contributed by atoms with van der Waals surface area (Å²) in [6, 6.07) is 0.897. The summed E-state index contributed by atoms with van der Waals surface area (Å²) in [5.74, 6) is 2.22. The van der Waals surface area contributed by atoms with E-state index in [9.17, 15) is 4.79 Å². The molecule has 2 saturated heterocycles. The van der Waals surface area contributed by atoms with Crippen molar-refractivity contribution in [1.82, 2.24) is 10.2 Å². The van der Waals surface area contributed by atoms with Crippen LogP contribution in [-0.4, -0.2) is 42.9 Å². The molecule has 2 aliphatic carbocycles. The number of piperidine rings is 2. The average molecular weight is 363 g/mol. The van der Waals surface area contributed by atoms with Crippen molar-refractivity contribution in [2.24, 2.45) is 23.2 Å². The van der Waals surface area contributed by atoms with Gasteiger partial charge in [-0.2, -0.15) is 0 Å². The Bertz CT molecular complexity index is 435. The van der Waals surface area contributed by atoms with Crippen LogP contribution in [0.5, 0.6) is 0 Å². The van der Waals surface area contributed by atoms with Gasteiger partial charge in [-0.15, -0.1) is 0 Å². The minimum Gasteiger partial charge on any atom is -0.317 e. The van der Waals surface area contributed by atoms with Gasteiger partial charge in [0.2, 0.25) is 0 Å². The molecule has 2 saturated carbocycles.